The van der Waals surface area contributed by atoms with Gasteiger partial charge in [0.15, 0.2) is 0 Å². The first-order valence-corrected chi connectivity index (χ1v) is 6.99. The molecule has 0 spiro atoms. The van der Waals surface area contributed by atoms with Crippen molar-refractivity contribution in [3.05, 3.63) is 71.8 Å². The first kappa shape index (κ1) is 13.8. The molecule has 3 heteroatoms. The van der Waals surface area contributed by atoms with Crippen molar-refractivity contribution in [1.82, 2.24) is 0 Å². The standard InChI is InChI=1S/C18H18O3/c1-20-17(19)16-15(13-9-5-3-6-10-13)18(16,21-2)14-11-7-4-8-12-14/h3-12,15-16H,1-2H3/t15-,16+,18+/m1/s1. The van der Waals surface area contributed by atoms with E-state index in [2.05, 4.69) is 0 Å². The predicted molar refractivity (Wildman–Crippen MR) is 79.8 cm³/mol. The molecule has 0 radical (unpaired) electrons. The number of carbonyl (C=O) groups excluding carboxylic acids is 1. The zero-order valence-corrected chi connectivity index (χ0v) is 12.2. The molecule has 108 valence electrons. The zero-order chi connectivity index (χ0) is 14.9. The predicted octanol–water partition coefficient (Wildman–Crippen LogP) is 3.11. The van der Waals surface area contributed by atoms with E-state index in [9.17, 15) is 4.79 Å². The van der Waals surface area contributed by atoms with Crippen molar-refractivity contribution >= 4 is 5.97 Å². The highest BCUT2D eigenvalue weighted by Crippen LogP contribution is 2.66. The van der Waals surface area contributed by atoms with E-state index in [1.165, 1.54) is 7.11 Å². The molecule has 1 fully saturated rings. The van der Waals surface area contributed by atoms with Crippen LogP contribution in [0.15, 0.2) is 60.7 Å². The molecular formula is C18H18O3. The van der Waals surface area contributed by atoms with Crippen LogP contribution < -0.4 is 0 Å². The van der Waals surface area contributed by atoms with Crippen molar-refractivity contribution in [1.29, 1.82) is 0 Å². The second-order valence-electron chi connectivity index (χ2n) is 5.25. The molecule has 0 heterocycles. The van der Waals surface area contributed by atoms with Gasteiger partial charge in [-0.15, -0.1) is 0 Å². The van der Waals surface area contributed by atoms with Crippen LogP contribution in [0.4, 0.5) is 0 Å². The number of esters is 1. The normalized spacial score (nSPS) is 27.1. The van der Waals surface area contributed by atoms with Gasteiger partial charge in [-0.3, -0.25) is 4.79 Å². The highest BCUT2D eigenvalue weighted by Gasteiger charge is 2.71. The Morgan fingerprint density at radius 1 is 0.952 bits per heavy atom. The summed E-state index contributed by atoms with van der Waals surface area (Å²) in [5.41, 5.74) is 1.48. The van der Waals surface area contributed by atoms with E-state index in [0.29, 0.717) is 0 Å². The number of ether oxygens (including phenoxy) is 2. The molecule has 0 saturated heterocycles. The molecule has 3 atom stereocenters. The smallest absolute Gasteiger partial charge is 0.312 e. The fourth-order valence-electron chi connectivity index (χ4n) is 3.33. The lowest BCUT2D eigenvalue weighted by Crippen LogP contribution is -2.18. The molecule has 2 aromatic carbocycles. The van der Waals surface area contributed by atoms with E-state index in [1.54, 1.807) is 7.11 Å². The SMILES string of the molecule is COC(=O)[C@@H]1[C@@H](c2ccccc2)[C@@]1(OC)c1ccccc1. The Balaban J connectivity index is 2.07. The number of hydrogen-bond acceptors (Lipinski definition) is 3. The summed E-state index contributed by atoms with van der Waals surface area (Å²) in [5, 5.41) is 0. The first-order chi connectivity index (χ1) is 10.3. The summed E-state index contributed by atoms with van der Waals surface area (Å²) in [6.45, 7) is 0. The first-order valence-electron chi connectivity index (χ1n) is 6.99. The van der Waals surface area contributed by atoms with Crippen LogP contribution in [0.3, 0.4) is 0 Å². The molecule has 0 bridgehead atoms. The molecule has 2 aromatic rings. The number of benzene rings is 2. The van der Waals surface area contributed by atoms with Crippen LogP contribution in [0, 0.1) is 5.92 Å². The van der Waals surface area contributed by atoms with Gasteiger partial charge in [0.25, 0.3) is 0 Å². The lowest BCUT2D eigenvalue weighted by molar-refractivity contribution is -0.144. The molecule has 0 aliphatic heterocycles. The molecule has 0 unspecified atom stereocenters. The van der Waals surface area contributed by atoms with Gasteiger partial charge >= 0.3 is 5.97 Å². The summed E-state index contributed by atoms with van der Waals surface area (Å²) in [4.78, 5) is 12.2. The molecule has 0 amide bonds. The maximum atomic E-state index is 12.2. The summed E-state index contributed by atoms with van der Waals surface area (Å²) in [6.07, 6.45) is 0. The maximum Gasteiger partial charge on any atom is 0.312 e. The van der Waals surface area contributed by atoms with E-state index in [-0.39, 0.29) is 17.8 Å². The number of methoxy groups -OCH3 is 2. The molecule has 1 aliphatic rings. The summed E-state index contributed by atoms with van der Waals surface area (Å²) in [7, 11) is 3.08. The van der Waals surface area contributed by atoms with Gasteiger partial charge in [-0.1, -0.05) is 60.7 Å². The van der Waals surface area contributed by atoms with Gasteiger partial charge in [0.2, 0.25) is 0 Å². The van der Waals surface area contributed by atoms with Crippen molar-refractivity contribution in [2.45, 2.75) is 11.5 Å². The molecule has 0 aromatic heterocycles. The van der Waals surface area contributed by atoms with E-state index in [0.717, 1.165) is 11.1 Å². The summed E-state index contributed by atoms with van der Waals surface area (Å²) in [5.74, 6) is -0.551. The molecular weight excluding hydrogens is 264 g/mol. The van der Waals surface area contributed by atoms with Gasteiger partial charge in [0.1, 0.15) is 11.5 Å². The molecule has 3 nitrogen and oxygen atoms in total. The van der Waals surface area contributed by atoms with E-state index >= 15 is 0 Å². The highest BCUT2D eigenvalue weighted by molar-refractivity contribution is 5.81. The third kappa shape index (κ3) is 2.05. The lowest BCUT2D eigenvalue weighted by Gasteiger charge is -2.17. The minimum atomic E-state index is -0.629. The Labute approximate surface area is 124 Å². The number of carbonyl (C=O) groups is 1. The fourth-order valence-corrected chi connectivity index (χ4v) is 3.33. The Morgan fingerprint density at radius 3 is 2.05 bits per heavy atom. The van der Waals surface area contributed by atoms with E-state index < -0.39 is 5.60 Å². The molecule has 21 heavy (non-hydrogen) atoms. The number of hydrogen-bond donors (Lipinski definition) is 0. The second-order valence-corrected chi connectivity index (χ2v) is 5.25. The Bertz CT molecular complexity index is 623. The van der Waals surface area contributed by atoms with Crippen molar-refractivity contribution in [2.24, 2.45) is 5.92 Å². The maximum absolute atomic E-state index is 12.2. The minimum absolute atomic E-state index is 0.0152. The van der Waals surface area contributed by atoms with Crippen molar-refractivity contribution < 1.29 is 14.3 Å². The van der Waals surface area contributed by atoms with Crippen LogP contribution >= 0.6 is 0 Å². The van der Waals surface area contributed by atoms with Gasteiger partial charge in [-0.05, 0) is 11.1 Å². The molecule has 0 N–H and O–H groups in total. The van der Waals surface area contributed by atoms with Gasteiger partial charge < -0.3 is 9.47 Å². The van der Waals surface area contributed by atoms with Crippen molar-refractivity contribution in [2.75, 3.05) is 14.2 Å². The Hall–Kier alpha value is -2.13. The third-order valence-corrected chi connectivity index (χ3v) is 4.32. The number of rotatable bonds is 4. The largest absolute Gasteiger partial charge is 0.469 e. The Kier molecular flexibility index (Phi) is 3.52. The van der Waals surface area contributed by atoms with Crippen LogP contribution in [0.5, 0.6) is 0 Å². The fraction of sp³-hybridized carbons (Fsp3) is 0.278. The van der Waals surface area contributed by atoms with Gasteiger partial charge in [0, 0.05) is 13.0 Å². The third-order valence-electron chi connectivity index (χ3n) is 4.32. The van der Waals surface area contributed by atoms with E-state index in [1.807, 2.05) is 60.7 Å². The van der Waals surface area contributed by atoms with E-state index in [4.69, 9.17) is 9.47 Å². The minimum Gasteiger partial charge on any atom is -0.469 e. The van der Waals surface area contributed by atoms with Crippen LogP contribution in [0.2, 0.25) is 0 Å². The lowest BCUT2D eigenvalue weighted by atomic mass is 10.0. The van der Waals surface area contributed by atoms with Gasteiger partial charge in [-0.2, -0.15) is 0 Å². The quantitative estimate of drug-likeness (QED) is 0.808. The van der Waals surface area contributed by atoms with Crippen LogP contribution in [-0.2, 0) is 19.9 Å². The van der Waals surface area contributed by atoms with Crippen LogP contribution in [0.25, 0.3) is 0 Å². The van der Waals surface area contributed by atoms with Crippen LogP contribution in [0.1, 0.15) is 17.0 Å². The van der Waals surface area contributed by atoms with Gasteiger partial charge in [-0.25, -0.2) is 0 Å². The zero-order valence-electron chi connectivity index (χ0n) is 12.2. The Morgan fingerprint density at radius 2 is 1.52 bits per heavy atom. The molecule has 1 aliphatic carbocycles. The average Bonchev–Trinajstić information content (AvgIpc) is 3.26. The topological polar surface area (TPSA) is 35.5 Å². The summed E-state index contributed by atoms with van der Waals surface area (Å²) >= 11 is 0. The molecule has 1 saturated carbocycles. The van der Waals surface area contributed by atoms with Crippen molar-refractivity contribution in [3.8, 4) is 0 Å². The molecule has 3 rings (SSSR count). The monoisotopic (exact) mass is 282 g/mol. The van der Waals surface area contributed by atoms with Crippen molar-refractivity contribution in [3.63, 3.8) is 0 Å². The van der Waals surface area contributed by atoms with Crippen LogP contribution in [-0.4, -0.2) is 20.2 Å². The average molecular weight is 282 g/mol. The second kappa shape index (κ2) is 5.34. The van der Waals surface area contributed by atoms with Gasteiger partial charge in [0.05, 0.1) is 7.11 Å². The highest BCUT2D eigenvalue weighted by atomic mass is 16.5. The summed E-state index contributed by atoms with van der Waals surface area (Å²) in [6, 6.07) is 19.9. The summed E-state index contributed by atoms with van der Waals surface area (Å²) < 4.78 is 10.8.